The lowest BCUT2D eigenvalue weighted by molar-refractivity contribution is -0.120. The number of rotatable bonds is 6. The number of guanidine groups is 1. The van der Waals surface area contributed by atoms with Crippen LogP contribution in [0.2, 0.25) is 0 Å². The maximum atomic E-state index is 12.4. The molecule has 2 rings (SSSR count). The highest BCUT2D eigenvalue weighted by molar-refractivity contribution is 14.0. The van der Waals surface area contributed by atoms with Gasteiger partial charge in [-0.1, -0.05) is 5.16 Å². The van der Waals surface area contributed by atoms with Crippen LogP contribution in [-0.2, 0) is 20.6 Å². The minimum absolute atomic E-state index is 0. The van der Waals surface area contributed by atoms with Crippen LogP contribution in [0.3, 0.4) is 0 Å². The van der Waals surface area contributed by atoms with Gasteiger partial charge in [-0.25, -0.2) is 8.42 Å². The molecule has 2 N–H and O–H groups in total. The van der Waals surface area contributed by atoms with E-state index in [2.05, 4.69) is 25.3 Å². The van der Waals surface area contributed by atoms with E-state index in [4.69, 9.17) is 0 Å². The Balaban J connectivity index is 0.00000364. The highest BCUT2D eigenvalue weighted by Crippen LogP contribution is 2.12. The number of halogens is 1. The number of hydrogen-bond acceptors (Lipinski definition) is 6. The Labute approximate surface area is 176 Å². The molecule has 0 atom stereocenters. The first-order chi connectivity index (χ1) is 12.3. The van der Waals surface area contributed by atoms with Gasteiger partial charge in [-0.2, -0.15) is 4.31 Å². The molecule has 1 saturated heterocycles. The molecule has 1 aliphatic heterocycles. The summed E-state index contributed by atoms with van der Waals surface area (Å²) in [5.41, 5.74) is 0.390. The molecule has 0 spiro atoms. The average molecular weight is 514 g/mol. The Kier molecular flexibility index (Phi) is 9.45. The minimum atomic E-state index is -3.44. The fourth-order valence-corrected chi connectivity index (χ4v) is 4.06. The Morgan fingerprint density at radius 3 is 2.52 bits per heavy atom. The van der Waals surface area contributed by atoms with Crippen molar-refractivity contribution in [3.05, 3.63) is 18.0 Å². The van der Waals surface area contributed by atoms with Gasteiger partial charge < -0.3 is 20.1 Å². The monoisotopic (exact) mass is 514 g/mol. The summed E-state index contributed by atoms with van der Waals surface area (Å²) in [6, 6.07) is 1.62. The lowest BCUT2D eigenvalue weighted by Gasteiger charge is -2.35. The third-order valence-corrected chi connectivity index (χ3v) is 5.63. The summed E-state index contributed by atoms with van der Waals surface area (Å²) >= 11 is 0. The van der Waals surface area contributed by atoms with E-state index in [-0.39, 0.29) is 48.2 Å². The molecule has 27 heavy (non-hydrogen) atoms. The number of nitrogens with zero attached hydrogens (tertiary/aromatic N) is 4. The lowest BCUT2D eigenvalue weighted by atomic mass is 10.3. The van der Waals surface area contributed by atoms with Gasteiger partial charge in [-0.15, -0.1) is 24.0 Å². The highest BCUT2D eigenvalue weighted by Gasteiger charge is 2.29. The second kappa shape index (κ2) is 10.8. The van der Waals surface area contributed by atoms with Crippen LogP contribution in [0.15, 0.2) is 21.8 Å². The number of hydrogen-bond donors (Lipinski definition) is 2. The largest absolute Gasteiger partial charge is 0.364 e. The number of carbonyl (C=O) groups excluding carboxylic acids is 1. The van der Waals surface area contributed by atoms with E-state index in [1.807, 2.05) is 18.7 Å². The van der Waals surface area contributed by atoms with Gasteiger partial charge in [0.25, 0.3) is 0 Å². The standard InChI is InChI=1S/C15H26N6O4S.HI/c1-12(2)18-14(22)10-17-15(16-3)20-5-7-21(8-6-20)26(23,24)11-13-4-9-25-19-13;/h4,9,12H,5-8,10-11H2,1-3H3,(H,16,17)(H,18,22);1H. The van der Waals surface area contributed by atoms with E-state index in [9.17, 15) is 13.2 Å². The summed E-state index contributed by atoms with van der Waals surface area (Å²) < 4.78 is 31.0. The summed E-state index contributed by atoms with van der Waals surface area (Å²) in [6.45, 7) is 5.58. The van der Waals surface area contributed by atoms with Crippen molar-refractivity contribution in [1.82, 2.24) is 25.0 Å². The van der Waals surface area contributed by atoms with Gasteiger partial charge in [0.2, 0.25) is 15.9 Å². The van der Waals surface area contributed by atoms with E-state index in [0.717, 1.165) is 0 Å². The van der Waals surface area contributed by atoms with E-state index in [1.165, 1.54) is 10.6 Å². The molecule has 0 unspecified atom stereocenters. The van der Waals surface area contributed by atoms with Crippen LogP contribution >= 0.6 is 24.0 Å². The summed E-state index contributed by atoms with van der Waals surface area (Å²) in [4.78, 5) is 17.9. The Bertz CT molecular complexity index is 715. The molecule has 154 valence electrons. The SMILES string of the molecule is CN=C(NCC(=O)NC(C)C)N1CCN(S(=O)(=O)Cc2ccon2)CC1.I. The Morgan fingerprint density at radius 1 is 1.33 bits per heavy atom. The van der Waals surface area contributed by atoms with Crippen LogP contribution in [0.4, 0.5) is 0 Å². The molecule has 1 aromatic rings. The quantitative estimate of drug-likeness (QED) is 0.308. The smallest absolute Gasteiger partial charge is 0.239 e. The van der Waals surface area contributed by atoms with Gasteiger partial charge in [-0.05, 0) is 13.8 Å². The fourth-order valence-electron chi connectivity index (χ4n) is 2.63. The van der Waals surface area contributed by atoms with Crippen LogP contribution in [0.5, 0.6) is 0 Å². The normalized spacial score (nSPS) is 16.1. The average Bonchev–Trinajstić information content (AvgIpc) is 3.07. The van der Waals surface area contributed by atoms with Gasteiger partial charge in [0.15, 0.2) is 5.96 Å². The van der Waals surface area contributed by atoms with Crippen LogP contribution in [0, 0.1) is 0 Å². The van der Waals surface area contributed by atoms with Crippen molar-refractivity contribution in [1.29, 1.82) is 0 Å². The van der Waals surface area contributed by atoms with Gasteiger partial charge in [0, 0.05) is 45.3 Å². The maximum Gasteiger partial charge on any atom is 0.239 e. The number of nitrogens with one attached hydrogen (secondary N) is 2. The molecule has 12 heteroatoms. The molecule has 0 aliphatic carbocycles. The number of aromatic nitrogens is 1. The first kappa shape index (κ1) is 23.6. The molecule has 1 aliphatic rings. The zero-order valence-corrected chi connectivity index (χ0v) is 18.9. The van der Waals surface area contributed by atoms with Gasteiger partial charge in [-0.3, -0.25) is 9.79 Å². The summed E-state index contributed by atoms with van der Waals surface area (Å²) in [5, 5.41) is 9.46. The second-order valence-corrected chi connectivity index (χ2v) is 8.22. The third-order valence-electron chi connectivity index (χ3n) is 3.82. The molecule has 0 bridgehead atoms. The van der Waals surface area contributed by atoms with E-state index >= 15 is 0 Å². The van der Waals surface area contributed by atoms with Crippen molar-refractivity contribution < 1.29 is 17.7 Å². The lowest BCUT2D eigenvalue weighted by Crippen LogP contribution is -2.55. The van der Waals surface area contributed by atoms with E-state index < -0.39 is 10.0 Å². The van der Waals surface area contributed by atoms with Crippen molar-refractivity contribution >= 4 is 45.9 Å². The van der Waals surface area contributed by atoms with Crippen molar-refractivity contribution in [2.75, 3.05) is 39.8 Å². The maximum absolute atomic E-state index is 12.4. The van der Waals surface area contributed by atoms with Gasteiger partial charge >= 0.3 is 0 Å². The van der Waals surface area contributed by atoms with Gasteiger partial charge in [0.05, 0.1) is 12.2 Å². The molecule has 1 amide bonds. The first-order valence-corrected chi connectivity index (χ1v) is 10.0. The second-order valence-electron chi connectivity index (χ2n) is 6.26. The van der Waals surface area contributed by atoms with Crippen LogP contribution in [-0.4, -0.2) is 80.5 Å². The number of carbonyl (C=O) groups is 1. The molecule has 0 saturated carbocycles. The molecular weight excluding hydrogens is 487 g/mol. The van der Waals surface area contributed by atoms with Crippen molar-refractivity contribution in [3.8, 4) is 0 Å². The highest BCUT2D eigenvalue weighted by atomic mass is 127. The molecule has 2 heterocycles. The Morgan fingerprint density at radius 2 is 2.00 bits per heavy atom. The van der Waals surface area contributed by atoms with Gasteiger partial charge in [0.1, 0.15) is 12.0 Å². The van der Waals surface area contributed by atoms with E-state index in [1.54, 1.807) is 13.1 Å². The summed E-state index contributed by atoms with van der Waals surface area (Å²) in [6.07, 6.45) is 1.36. The molecule has 10 nitrogen and oxygen atoms in total. The van der Waals surface area contributed by atoms with Crippen molar-refractivity contribution in [3.63, 3.8) is 0 Å². The molecular formula is C15H27IN6O4S. The van der Waals surface area contributed by atoms with Crippen molar-refractivity contribution in [2.45, 2.75) is 25.6 Å². The molecule has 0 aromatic carbocycles. The van der Waals surface area contributed by atoms with E-state index in [0.29, 0.717) is 37.8 Å². The predicted molar refractivity (Wildman–Crippen MR) is 112 cm³/mol. The summed E-state index contributed by atoms with van der Waals surface area (Å²) in [5.74, 6) is 0.290. The van der Waals surface area contributed by atoms with Crippen LogP contribution in [0.1, 0.15) is 19.5 Å². The number of piperazine rings is 1. The zero-order chi connectivity index (χ0) is 19.2. The molecule has 1 fully saturated rings. The summed E-state index contributed by atoms with van der Waals surface area (Å²) in [7, 11) is -1.81. The Hall–Kier alpha value is -1.41. The third kappa shape index (κ3) is 7.25. The number of amides is 1. The minimum Gasteiger partial charge on any atom is -0.364 e. The molecule has 1 aromatic heterocycles. The predicted octanol–water partition coefficient (Wildman–Crippen LogP) is -0.160. The number of sulfonamides is 1. The van der Waals surface area contributed by atoms with Crippen molar-refractivity contribution in [2.24, 2.45) is 4.99 Å². The zero-order valence-electron chi connectivity index (χ0n) is 15.7. The van der Waals surface area contributed by atoms with Crippen LogP contribution < -0.4 is 10.6 Å². The molecule has 0 radical (unpaired) electrons. The first-order valence-electron chi connectivity index (χ1n) is 8.44. The number of aliphatic imine (C=N–C) groups is 1. The van der Waals surface area contributed by atoms with Crippen LogP contribution in [0.25, 0.3) is 0 Å². The topological polar surface area (TPSA) is 120 Å². The fraction of sp³-hybridized carbons (Fsp3) is 0.667.